The van der Waals surface area contributed by atoms with Crippen LogP contribution in [0.5, 0.6) is 0 Å². The summed E-state index contributed by atoms with van der Waals surface area (Å²) in [5.41, 5.74) is 1.36. The summed E-state index contributed by atoms with van der Waals surface area (Å²) < 4.78 is 5.25. The number of nitrogens with one attached hydrogen (secondary N) is 1. The molecule has 0 radical (unpaired) electrons. The normalized spacial score (nSPS) is 13.8. The first kappa shape index (κ1) is 19.1. The van der Waals surface area contributed by atoms with E-state index in [1.807, 2.05) is 18.2 Å². The monoisotopic (exact) mass is 381 g/mol. The second-order valence-corrected chi connectivity index (χ2v) is 6.27. The van der Waals surface area contributed by atoms with E-state index in [4.69, 9.17) is 4.74 Å². The Kier molecular flexibility index (Phi) is 5.69. The van der Waals surface area contributed by atoms with Crippen molar-refractivity contribution < 1.29 is 19.2 Å². The zero-order valence-corrected chi connectivity index (χ0v) is 15.2. The van der Waals surface area contributed by atoms with Gasteiger partial charge in [0.05, 0.1) is 10.5 Å². The molecule has 0 saturated heterocycles. The molecule has 0 spiro atoms. The summed E-state index contributed by atoms with van der Waals surface area (Å²) in [5, 5.41) is 13.3. The molecule has 1 atom stereocenters. The number of hydrogen-bond acceptors (Lipinski definition) is 6. The third-order valence-electron chi connectivity index (χ3n) is 4.24. The van der Waals surface area contributed by atoms with Crippen molar-refractivity contribution in [2.75, 3.05) is 23.3 Å². The predicted octanol–water partition coefficient (Wildman–Crippen LogP) is 3.16. The van der Waals surface area contributed by atoms with E-state index in [1.54, 1.807) is 18.2 Å². The molecule has 0 bridgehead atoms. The molecule has 0 saturated carbocycles. The number of carbonyl (C=O) groups excluding carboxylic acids is 2. The number of hydrogen-bond donors (Lipinski definition) is 1. The number of non-ortho nitro benzene ring substituents is 1. The molecule has 28 heavy (non-hydrogen) atoms. The number of rotatable bonds is 6. The molecule has 8 nitrogen and oxygen atoms in total. The number of benzene rings is 2. The highest BCUT2D eigenvalue weighted by molar-refractivity contribution is 5.97. The molecule has 144 valence electrons. The molecule has 0 aliphatic carbocycles. The van der Waals surface area contributed by atoms with Gasteiger partial charge in [-0.3, -0.25) is 14.9 Å². The Morgan fingerprint density at radius 3 is 2.57 bits per heavy atom. The van der Waals surface area contributed by atoms with Gasteiger partial charge >= 0.3 is 5.97 Å². The molecule has 1 aliphatic heterocycles. The molecule has 0 unspecified atom stereocenters. The minimum absolute atomic E-state index is 0.143. The van der Waals surface area contributed by atoms with Crippen LogP contribution in [0.25, 0.3) is 0 Å². The summed E-state index contributed by atoms with van der Waals surface area (Å²) in [6.45, 7) is 3.00. The Hall–Kier alpha value is -3.68. The number of amides is 1. The Labute approximate surface area is 161 Å². The first-order chi connectivity index (χ1) is 13.4. The van der Waals surface area contributed by atoms with Gasteiger partial charge < -0.3 is 15.0 Å². The molecule has 0 fully saturated rings. The minimum Gasteiger partial charge on any atom is -0.449 e. The van der Waals surface area contributed by atoms with Crippen LogP contribution in [0, 0.1) is 10.1 Å². The van der Waals surface area contributed by atoms with Crippen LogP contribution in [0.2, 0.25) is 0 Å². The molecule has 2 aromatic carbocycles. The van der Waals surface area contributed by atoms with Crippen LogP contribution in [0.3, 0.4) is 0 Å². The Morgan fingerprint density at radius 2 is 1.86 bits per heavy atom. The predicted molar refractivity (Wildman–Crippen MR) is 104 cm³/mol. The fourth-order valence-corrected chi connectivity index (χ4v) is 2.74. The molecule has 0 aromatic heterocycles. The van der Waals surface area contributed by atoms with Crippen LogP contribution in [-0.2, 0) is 9.53 Å². The van der Waals surface area contributed by atoms with Crippen molar-refractivity contribution >= 4 is 28.9 Å². The zero-order valence-electron chi connectivity index (χ0n) is 15.2. The fraction of sp³-hybridized carbons (Fsp3) is 0.200. The highest BCUT2D eigenvalue weighted by Crippen LogP contribution is 2.20. The third-order valence-corrected chi connectivity index (χ3v) is 4.24. The SMILES string of the molecule is C[C@H](OC(=O)c1cccc(N2CC=CC2)c1)C(=O)Nc1cccc([N+](=O)[O-])c1. The van der Waals surface area contributed by atoms with Crippen molar-refractivity contribution in [3.63, 3.8) is 0 Å². The maximum absolute atomic E-state index is 12.4. The van der Waals surface area contributed by atoms with Gasteiger partial charge in [-0.1, -0.05) is 24.3 Å². The smallest absolute Gasteiger partial charge is 0.338 e. The van der Waals surface area contributed by atoms with E-state index in [0.29, 0.717) is 5.56 Å². The van der Waals surface area contributed by atoms with E-state index in [1.165, 1.54) is 31.2 Å². The molecular weight excluding hydrogens is 362 g/mol. The standard InChI is InChI=1S/C20H19N3O5/c1-14(19(24)21-16-7-5-9-18(13-16)23(26)27)28-20(25)15-6-4-8-17(12-15)22-10-2-3-11-22/h2-9,12-14H,10-11H2,1H3,(H,21,24)/t14-/m0/s1. The van der Waals surface area contributed by atoms with Gasteiger partial charge in [-0.2, -0.15) is 0 Å². The number of ether oxygens (including phenoxy) is 1. The van der Waals surface area contributed by atoms with E-state index in [2.05, 4.69) is 10.2 Å². The minimum atomic E-state index is -1.07. The highest BCUT2D eigenvalue weighted by atomic mass is 16.6. The summed E-state index contributed by atoms with van der Waals surface area (Å²) in [4.78, 5) is 37.0. The molecule has 1 heterocycles. The lowest BCUT2D eigenvalue weighted by Gasteiger charge is -2.18. The van der Waals surface area contributed by atoms with Gasteiger partial charge in [-0.15, -0.1) is 0 Å². The van der Waals surface area contributed by atoms with Gasteiger partial charge in [0.25, 0.3) is 11.6 Å². The van der Waals surface area contributed by atoms with Crippen molar-refractivity contribution in [3.8, 4) is 0 Å². The van der Waals surface area contributed by atoms with Gasteiger partial charge in [0.15, 0.2) is 6.10 Å². The maximum atomic E-state index is 12.4. The first-order valence-electron chi connectivity index (χ1n) is 8.70. The van der Waals surface area contributed by atoms with Crippen molar-refractivity contribution in [2.45, 2.75) is 13.0 Å². The second kappa shape index (κ2) is 8.34. The average Bonchev–Trinajstić information content (AvgIpc) is 3.23. The van der Waals surface area contributed by atoms with Crippen LogP contribution in [0.15, 0.2) is 60.7 Å². The van der Waals surface area contributed by atoms with Gasteiger partial charge in [0, 0.05) is 36.6 Å². The number of anilines is 2. The number of nitro benzene ring substituents is 1. The third kappa shape index (κ3) is 4.53. The number of nitro groups is 1. The zero-order chi connectivity index (χ0) is 20.1. The number of carbonyl (C=O) groups is 2. The Morgan fingerprint density at radius 1 is 1.14 bits per heavy atom. The number of esters is 1. The van der Waals surface area contributed by atoms with Crippen LogP contribution in [0.1, 0.15) is 17.3 Å². The Bertz CT molecular complexity index is 933. The summed E-state index contributed by atoms with van der Waals surface area (Å²) in [5.74, 6) is -1.19. The van der Waals surface area contributed by atoms with Gasteiger partial charge in [-0.25, -0.2) is 4.79 Å². The molecular formula is C20H19N3O5. The van der Waals surface area contributed by atoms with Crippen LogP contribution < -0.4 is 10.2 Å². The van der Waals surface area contributed by atoms with E-state index in [-0.39, 0.29) is 11.4 Å². The lowest BCUT2D eigenvalue weighted by molar-refractivity contribution is -0.384. The average molecular weight is 381 g/mol. The van der Waals surface area contributed by atoms with E-state index in [9.17, 15) is 19.7 Å². The van der Waals surface area contributed by atoms with E-state index >= 15 is 0 Å². The topological polar surface area (TPSA) is 102 Å². The van der Waals surface area contributed by atoms with Gasteiger partial charge in [0.2, 0.25) is 0 Å². The molecule has 3 rings (SSSR count). The largest absolute Gasteiger partial charge is 0.449 e. The number of nitrogens with zero attached hydrogens (tertiary/aromatic N) is 2. The van der Waals surface area contributed by atoms with E-state index in [0.717, 1.165) is 18.8 Å². The molecule has 1 N–H and O–H groups in total. The molecule has 1 amide bonds. The van der Waals surface area contributed by atoms with E-state index < -0.39 is 22.9 Å². The highest BCUT2D eigenvalue weighted by Gasteiger charge is 2.20. The van der Waals surface area contributed by atoms with Crippen molar-refractivity contribution in [1.82, 2.24) is 0 Å². The lowest BCUT2D eigenvalue weighted by atomic mass is 10.2. The quantitative estimate of drug-likeness (QED) is 0.357. The lowest BCUT2D eigenvalue weighted by Crippen LogP contribution is -2.30. The maximum Gasteiger partial charge on any atom is 0.338 e. The second-order valence-electron chi connectivity index (χ2n) is 6.27. The summed E-state index contributed by atoms with van der Waals surface area (Å²) in [7, 11) is 0. The van der Waals surface area contributed by atoms with Gasteiger partial charge in [-0.05, 0) is 31.2 Å². The summed E-state index contributed by atoms with van der Waals surface area (Å²) in [6.07, 6.45) is 3.03. The molecule has 1 aliphatic rings. The fourth-order valence-electron chi connectivity index (χ4n) is 2.74. The first-order valence-corrected chi connectivity index (χ1v) is 8.70. The van der Waals surface area contributed by atoms with Crippen molar-refractivity contribution in [2.24, 2.45) is 0 Å². The molecule has 8 heteroatoms. The van der Waals surface area contributed by atoms with Crippen molar-refractivity contribution in [3.05, 3.63) is 76.4 Å². The van der Waals surface area contributed by atoms with Crippen LogP contribution in [-0.4, -0.2) is 36.0 Å². The van der Waals surface area contributed by atoms with Crippen LogP contribution in [0.4, 0.5) is 17.1 Å². The van der Waals surface area contributed by atoms with Crippen LogP contribution >= 0.6 is 0 Å². The van der Waals surface area contributed by atoms with Gasteiger partial charge in [0.1, 0.15) is 0 Å². The van der Waals surface area contributed by atoms with Crippen molar-refractivity contribution in [1.29, 1.82) is 0 Å². The Balaban J connectivity index is 1.62. The summed E-state index contributed by atoms with van der Waals surface area (Å²) >= 11 is 0. The molecule has 2 aromatic rings. The summed E-state index contributed by atoms with van der Waals surface area (Å²) in [6, 6.07) is 12.6.